The van der Waals surface area contributed by atoms with Crippen LogP contribution in [-0.2, 0) is 9.53 Å². The number of ether oxygens (including phenoxy) is 1. The fraction of sp³-hybridized carbons (Fsp3) is 0.462. The number of nitrogens with zero attached hydrogens (tertiary/aromatic N) is 2. The summed E-state index contributed by atoms with van der Waals surface area (Å²) in [5, 5.41) is 6.94. The minimum absolute atomic E-state index is 0. The van der Waals surface area contributed by atoms with Gasteiger partial charge in [-0.25, -0.2) is 4.99 Å². The van der Waals surface area contributed by atoms with E-state index in [1.54, 1.807) is 19.0 Å². The fourth-order valence-electron chi connectivity index (χ4n) is 3.88. The highest BCUT2D eigenvalue weighted by atomic mass is 127. The summed E-state index contributed by atoms with van der Waals surface area (Å²) in [6, 6.07) is 18.9. The fourth-order valence-corrected chi connectivity index (χ4v) is 3.88. The summed E-state index contributed by atoms with van der Waals surface area (Å²) in [7, 11) is 3.49. The number of benzene rings is 2. The molecule has 0 bridgehead atoms. The maximum atomic E-state index is 12.1. The Hall–Kier alpha value is -2.13. The van der Waals surface area contributed by atoms with E-state index in [0.29, 0.717) is 11.9 Å². The van der Waals surface area contributed by atoms with Crippen molar-refractivity contribution >= 4 is 35.8 Å². The summed E-state index contributed by atoms with van der Waals surface area (Å²) in [4.78, 5) is 18.2. The predicted molar refractivity (Wildman–Crippen MR) is 145 cm³/mol. The van der Waals surface area contributed by atoms with Gasteiger partial charge in [0.05, 0.1) is 12.1 Å². The number of halogens is 1. The van der Waals surface area contributed by atoms with Gasteiger partial charge in [-0.15, -0.1) is 24.0 Å². The molecule has 0 spiro atoms. The predicted octanol–water partition coefficient (Wildman–Crippen LogP) is 4.47. The quantitative estimate of drug-likeness (QED) is 0.296. The van der Waals surface area contributed by atoms with E-state index in [0.717, 1.165) is 26.0 Å². The van der Waals surface area contributed by atoms with E-state index in [2.05, 4.69) is 65.9 Å². The number of carbonyl (C=O) groups excluding carboxylic acids is 1. The van der Waals surface area contributed by atoms with Crippen LogP contribution >= 0.6 is 24.0 Å². The maximum Gasteiger partial charge on any atom is 0.243 e. The van der Waals surface area contributed by atoms with Crippen molar-refractivity contribution in [1.29, 1.82) is 0 Å². The number of guanidine groups is 1. The first-order valence-electron chi connectivity index (χ1n) is 11.4. The highest BCUT2D eigenvalue weighted by Crippen LogP contribution is 2.33. The summed E-state index contributed by atoms with van der Waals surface area (Å²) in [6.07, 6.45) is 2.20. The molecule has 2 N–H and O–H groups in total. The van der Waals surface area contributed by atoms with Crippen LogP contribution in [0.15, 0.2) is 59.6 Å². The average Bonchev–Trinajstić information content (AvgIpc) is 2.81. The smallest absolute Gasteiger partial charge is 0.243 e. The van der Waals surface area contributed by atoms with Crippen molar-refractivity contribution in [1.82, 2.24) is 15.5 Å². The lowest BCUT2D eigenvalue weighted by molar-refractivity contribution is -0.127. The number of aryl methyl sites for hydroxylation is 1. The summed E-state index contributed by atoms with van der Waals surface area (Å²) in [5.74, 6) is 0.941. The first-order valence-corrected chi connectivity index (χ1v) is 11.4. The zero-order chi connectivity index (χ0) is 22.9. The zero-order valence-electron chi connectivity index (χ0n) is 20.1. The number of carbonyl (C=O) groups is 1. The molecule has 2 aromatic rings. The third kappa shape index (κ3) is 8.30. The van der Waals surface area contributed by atoms with E-state index in [-0.39, 0.29) is 48.6 Å². The van der Waals surface area contributed by atoms with Gasteiger partial charge in [-0.05, 0) is 37.8 Å². The van der Waals surface area contributed by atoms with Gasteiger partial charge in [0, 0.05) is 33.2 Å². The number of nitrogens with one attached hydrogen (secondary N) is 2. The molecule has 0 aromatic heterocycles. The summed E-state index contributed by atoms with van der Waals surface area (Å²) < 4.78 is 6.17. The molecule has 0 radical (unpaired) electrons. The van der Waals surface area contributed by atoms with Gasteiger partial charge < -0.3 is 20.3 Å². The lowest BCUT2D eigenvalue weighted by Gasteiger charge is -2.33. The third-order valence-corrected chi connectivity index (χ3v) is 5.91. The monoisotopic (exact) mass is 564 g/mol. The largest absolute Gasteiger partial charge is 0.373 e. The number of aliphatic imine (C=N–C) groups is 1. The van der Waals surface area contributed by atoms with Crippen LogP contribution in [0.5, 0.6) is 0 Å². The molecule has 1 fully saturated rings. The van der Waals surface area contributed by atoms with E-state index >= 15 is 0 Å². The molecule has 180 valence electrons. The molecule has 1 saturated heterocycles. The number of likely N-dealkylation sites (N-methyl/N-ethyl adjacent to an activating group) is 1. The highest BCUT2D eigenvalue weighted by molar-refractivity contribution is 14.0. The molecule has 3 rings (SSSR count). The standard InChI is InChI=1S/C26H36N4O2.HI/c1-19-12-14-22(15-13-19)25-23(11-8-16-32-25)17-27-26(28-18-24(31)30(3)4)29-20(2)21-9-6-5-7-10-21;/h5-7,9-10,12-15,20,23,25H,8,11,16-18H2,1-4H3,(H2,27,28,29);1H. The lowest BCUT2D eigenvalue weighted by Crippen LogP contribution is -2.43. The SMILES string of the molecule is Cc1ccc(C2OCCCC2CNC(=NCC(=O)N(C)C)NC(C)c2ccccc2)cc1.I. The van der Waals surface area contributed by atoms with E-state index in [4.69, 9.17) is 4.74 Å². The Morgan fingerprint density at radius 2 is 1.85 bits per heavy atom. The van der Waals surface area contributed by atoms with Gasteiger partial charge in [0.2, 0.25) is 5.91 Å². The van der Waals surface area contributed by atoms with Crippen molar-refractivity contribution in [2.45, 2.75) is 38.8 Å². The van der Waals surface area contributed by atoms with E-state index in [9.17, 15) is 4.79 Å². The van der Waals surface area contributed by atoms with Crippen LogP contribution in [-0.4, -0.2) is 50.6 Å². The van der Waals surface area contributed by atoms with Crippen molar-refractivity contribution in [2.24, 2.45) is 10.9 Å². The number of amides is 1. The van der Waals surface area contributed by atoms with Crippen LogP contribution in [0.3, 0.4) is 0 Å². The Balaban J connectivity index is 0.00000385. The van der Waals surface area contributed by atoms with Gasteiger partial charge in [0.15, 0.2) is 5.96 Å². The number of rotatable bonds is 7. The topological polar surface area (TPSA) is 66.0 Å². The lowest BCUT2D eigenvalue weighted by atomic mass is 9.89. The second-order valence-corrected chi connectivity index (χ2v) is 8.71. The van der Waals surface area contributed by atoms with Crippen LogP contribution in [0.1, 0.15) is 48.6 Å². The summed E-state index contributed by atoms with van der Waals surface area (Å²) in [6.45, 7) is 5.81. The molecule has 6 nitrogen and oxygen atoms in total. The molecule has 0 aliphatic carbocycles. The second kappa shape index (κ2) is 13.5. The molecular formula is C26H37IN4O2. The molecule has 1 aliphatic heterocycles. The summed E-state index contributed by atoms with van der Waals surface area (Å²) >= 11 is 0. The molecule has 0 saturated carbocycles. The van der Waals surface area contributed by atoms with Gasteiger partial charge in [-0.2, -0.15) is 0 Å². The molecule has 2 aromatic carbocycles. The van der Waals surface area contributed by atoms with Crippen LogP contribution in [0.4, 0.5) is 0 Å². The van der Waals surface area contributed by atoms with Crippen LogP contribution in [0.25, 0.3) is 0 Å². The highest BCUT2D eigenvalue weighted by Gasteiger charge is 2.27. The molecule has 33 heavy (non-hydrogen) atoms. The molecule has 1 aliphatic rings. The van der Waals surface area contributed by atoms with Gasteiger partial charge in [-0.1, -0.05) is 60.2 Å². The Morgan fingerprint density at radius 1 is 1.15 bits per heavy atom. The van der Waals surface area contributed by atoms with E-state index in [1.165, 1.54) is 16.7 Å². The number of hydrogen-bond acceptors (Lipinski definition) is 3. The van der Waals surface area contributed by atoms with E-state index < -0.39 is 0 Å². The second-order valence-electron chi connectivity index (χ2n) is 8.71. The van der Waals surface area contributed by atoms with Crippen molar-refractivity contribution in [3.05, 3.63) is 71.3 Å². The van der Waals surface area contributed by atoms with Crippen molar-refractivity contribution in [3.63, 3.8) is 0 Å². The van der Waals surface area contributed by atoms with Crippen molar-refractivity contribution < 1.29 is 9.53 Å². The van der Waals surface area contributed by atoms with Crippen molar-refractivity contribution in [3.8, 4) is 0 Å². The Kier molecular flexibility index (Phi) is 11.1. The molecule has 7 heteroatoms. The molecule has 1 amide bonds. The number of hydrogen-bond donors (Lipinski definition) is 2. The van der Waals surface area contributed by atoms with Gasteiger partial charge in [0.1, 0.15) is 6.54 Å². The Bertz CT molecular complexity index is 887. The first kappa shape index (κ1) is 27.1. The molecular weight excluding hydrogens is 527 g/mol. The summed E-state index contributed by atoms with van der Waals surface area (Å²) in [5.41, 5.74) is 3.63. The van der Waals surface area contributed by atoms with Gasteiger partial charge in [-0.3, -0.25) is 4.79 Å². The third-order valence-electron chi connectivity index (χ3n) is 5.91. The molecule has 3 atom stereocenters. The van der Waals surface area contributed by atoms with Crippen molar-refractivity contribution in [2.75, 3.05) is 33.8 Å². The average molecular weight is 565 g/mol. The van der Waals surface area contributed by atoms with Crippen LogP contribution < -0.4 is 10.6 Å². The van der Waals surface area contributed by atoms with E-state index in [1.807, 2.05) is 18.2 Å². The normalized spacial score (nSPS) is 19.2. The minimum Gasteiger partial charge on any atom is -0.373 e. The zero-order valence-corrected chi connectivity index (χ0v) is 22.4. The molecule has 1 heterocycles. The first-order chi connectivity index (χ1) is 15.4. The Morgan fingerprint density at radius 3 is 2.52 bits per heavy atom. The maximum absolute atomic E-state index is 12.1. The van der Waals surface area contributed by atoms with Gasteiger partial charge >= 0.3 is 0 Å². The minimum atomic E-state index is -0.0306. The van der Waals surface area contributed by atoms with Gasteiger partial charge in [0.25, 0.3) is 0 Å². The Labute approximate surface area is 215 Å². The van der Waals surface area contributed by atoms with Crippen LogP contribution in [0, 0.1) is 12.8 Å². The molecule has 3 unspecified atom stereocenters. The van der Waals surface area contributed by atoms with Crippen LogP contribution in [0.2, 0.25) is 0 Å².